The Morgan fingerprint density at radius 3 is 2.61 bits per heavy atom. The molecule has 5 nitrogen and oxygen atoms in total. The van der Waals surface area contributed by atoms with E-state index in [4.69, 9.17) is 11.6 Å². The van der Waals surface area contributed by atoms with Crippen LogP contribution in [0.3, 0.4) is 0 Å². The lowest BCUT2D eigenvalue weighted by Crippen LogP contribution is -2.41. The van der Waals surface area contributed by atoms with Crippen LogP contribution >= 0.6 is 11.6 Å². The Bertz CT molecular complexity index is 529. The Hall–Kier alpha value is -0.590. The third-order valence-electron chi connectivity index (χ3n) is 3.89. The van der Waals surface area contributed by atoms with Crippen LogP contribution in [0.1, 0.15) is 32.6 Å². The molecule has 1 saturated carbocycles. The molecule has 1 N–H and O–H groups in total. The van der Waals surface area contributed by atoms with E-state index in [-0.39, 0.29) is 15.6 Å². The molecular formula is C11H18ClN3O2S. The van der Waals surface area contributed by atoms with Gasteiger partial charge in [-0.2, -0.15) is 0 Å². The molecule has 1 aromatic heterocycles. The molecule has 1 aromatic rings. The van der Waals surface area contributed by atoms with E-state index in [0.29, 0.717) is 6.54 Å². The summed E-state index contributed by atoms with van der Waals surface area (Å²) in [5.41, 5.74) is 0.133. The van der Waals surface area contributed by atoms with Crippen LogP contribution in [0.5, 0.6) is 0 Å². The smallest absolute Gasteiger partial charge is 0.261 e. The lowest BCUT2D eigenvalue weighted by molar-refractivity contribution is 0.133. The van der Waals surface area contributed by atoms with E-state index in [0.717, 1.165) is 19.3 Å². The maximum Gasteiger partial charge on any atom is 0.261 e. The highest BCUT2D eigenvalue weighted by Crippen LogP contribution is 2.43. The van der Waals surface area contributed by atoms with Crippen LogP contribution in [0.25, 0.3) is 0 Å². The fourth-order valence-corrected chi connectivity index (χ4v) is 3.80. The largest absolute Gasteiger partial charge is 0.324 e. The van der Waals surface area contributed by atoms with E-state index >= 15 is 0 Å². The van der Waals surface area contributed by atoms with Crippen molar-refractivity contribution in [2.24, 2.45) is 12.5 Å². The molecule has 7 heteroatoms. The molecule has 0 amide bonds. The SMILES string of the molecule is CCC1(CNS(=O)(=O)c2ncn(C)c2Cl)CCC1. The third kappa shape index (κ3) is 2.41. The van der Waals surface area contributed by atoms with E-state index in [1.54, 1.807) is 7.05 Å². The van der Waals surface area contributed by atoms with Gasteiger partial charge in [0.2, 0.25) is 5.03 Å². The number of sulfonamides is 1. The molecule has 0 aliphatic heterocycles. The highest BCUT2D eigenvalue weighted by molar-refractivity contribution is 7.89. The normalized spacial score (nSPS) is 18.6. The van der Waals surface area contributed by atoms with Gasteiger partial charge in [-0.3, -0.25) is 0 Å². The molecule has 1 aliphatic rings. The van der Waals surface area contributed by atoms with Crippen LogP contribution in [-0.4, -0.2) is 24.5 Å². The van der Waals surface area contributed by atoms with E-state index < -0.39 is 10.0 Å². The molecule has 2 rings (SSSR count). The number of rotatable bonds is 5. The Kier molecular flexibility index (Phi) is 3.71. The van der Waals surface area contributed by atoms with Gasteiger partial charge in [-0.25, -0.2) is 18.1 Å². The molecule has 0 saturated heterocycles. The number of imidazole rings is 1. The van der Waals surface area contributed by atoms with Gasteiger partial charge in [0.1, 0.15) is 5.15 Å². The predicted octanol–water partition coefficient (Wildman–Crippen LogP) is 1.93. The second-order valence-corrected chi connectivity index (χ2v) is 7.02. The van der Waals surface area contributed by atoms with E-state index in [9.17, 15) is 8.42 Å². The van der Waals surface area contributed by atoms with Crippen LogP contribution in [0, 0.1) is 5.41 Å². The van der Waals surface area contributed by atoms with Crippen molar-refractivity contribution < 1.29 is 8.42 Å². The maximum absolute atomic E-state index is 12.1. The molecule has 0 aromatic carbocycles. The van der Waals surface area contributed by atoms with Crippen molar-refractivity contribution in [1.82, 2.24) is 14.3 Å². The first-order valence-electron chi connectivity index (χ1n) is 6.07. The molecule has 0 unspecified atom stereocenters. The Morgan fingerprint density at radius 1 is 1.56 bits per heavy atom. The first kappa shape index (κ1) is 13.8. The predicted molar refractivity (Wildman–Crippen MR) is 70.0 cm³/mol. The second-order valence-electron chi connectivity index (χ2n) is 4.98. The summed E-state index contributed by atoms with van der Waals surface area (Å²) in [6.07, 6.45) is 5.74. The Labute approximate surface area is 113 Å². The summed E-state index contributed by atoms with van der Waals surface area (Å²) < 4.78 is 28.3. The first-order chi connectivity index (χ1) is 8.40. The molecule has 0 spiro atoms. The molecule has 1 fully saturated rings. The summed E-state index contributed by atoms with van der Waals surface area (Å²) >= 11 is 5.91. The topological polar surface area (TPSA) is 64.0 Å². The number of nitrogens with one attached hydrogen (secondary N) is 1. The van der Waals surface area contributed by atoms with E-state index in [1.165, 1.54) is 17.3 Å². The number of hydrogen-bond acceptors (Lipinski definition) is 3. The highest BCUT2D eigenvalue weighted by atomic mass is 35.5. The van der Waals surface area contributed by atoms with Gasteiger partial charge in [0.15, 0.2) is 0 Å². The maximum atomic E-state index is 12.1. The van der Waals surface area contributed by atoms with Gasteiger partial charge >= 0.3 is 0 Å². The number of aryl methyl sites for hydroxylation is 1. The van der Waals surface area contributed by atoms with Crippen LogP contribution in [0.4, 0.5) is 0 Å². The fourth-order valence-electron chi connectivity index (χ4n) is 2.22. The zero-order valence-electron chi connectivity index (χ0n) is 10.6. The zero-order valence-corrected chi connectivity index (χ0v) is 12.2. The number of halogens is 1. The lowest BCUT2D eigenvalue weighted by atomic mass is 9.67. The van der Waals surface area contributed by atoms with Gasteiger partial charge in [-0.1, -0.05) is 24.9 Å². The van der Waals surface area contributed by atoms with Crippen molar-refractivity contribution in [2.75, 3.05) is 6.54 Å². The van der Waals surface area contributed by atoms with Gasteiger partial charge in [0.05, 0.1) is 6.33 Å². The summed E-state index contributed by atoms with van der Waals surface area (Å²) in [5, 5.41) is 0.0545. The van der Waals surface area contributed by atoms with Crippen molar-refractivity contribution >= 4 is 21.6 Å². The number of hydrogen-bond donors (Lipinski definition) is 1. The van der Waals surface area contributed by atoms with Gasteiger partial charge < -0.3 is 4.57 Å². The van der Waals surface area contributed by atoms with Crippen molar-refractivity contribution in [2.45, 2.75) is 37.6 Å². The summed E-state index contributed by atoms with van der Waals surface area (Å²) in [6, 6.07) is 0. The number of aromatic nitrogens is 2. The monoisotopic (exact) mass is 291 g/mol. The molecule has 1 heterocycles. The van der Waals surface area contributed by atoms with Crippen LogP contribution in [-0.2, 0) is 17.1 Å². The molecule has 1 aliphatic carbocycles. The molecule has 102 valence electrons. The third-order valence-corrected chi connectivity index (χ3v) is 5.78. The van der Waals surface area contributed by atoms with Crippen LogP contribution in [0.2, 0.25) is 5.15 Å². The standard InChI is InChI=1S/C11H18ClN3O2S/c1-3-11(5-4-6-11)7-14-18(16,17)10-9(12)15(2)8-13-10/h8,14H,3-7H2,1-2H3. The van der Waals surface area contributed by atoms with E-state index in [2.05, 4.69) is 16.6 Å². The minimum absolute atomic E-state index is 0.0859. The molecule has 18 heavy (non-hydrogen) atoms. The van der Waals surface area contributed by atoms with Crippen molar-refractivity contribution in [1.29, 1.82) is 0 Å². The average molecular weight is 292 g/mol. The summed E-state index contributed by atoms with van der Waals surface area (Å²) in [7, 11) is -1.94. The number of nitrogens with zero attached hydrogens (tertiary/aromatic N) is 2. The van der Waals surface area contributed by atoms with Gasteiger partial charge in [0.25, 0.3) is 10.0 Å². The minimum atomic E-state index is -3.60. The molecule has 0 bridgehead atoms. The lowest BCUT2D eigenvalue weighted by Gasteiger charge is -2.41. The van der Waals surface area contributed by atoms with Crippen LogP contribution < -0.4 is 4.72 Å². The van der Waals surface area contributed by atoms with Gasteiger partial charge in [0, 0.05) is 13.6 Å². The van der Waals surface area contributed by atoms with Gasteiger partial charge in [-0.05, 0) is 24.7 Å². The van der Waals surface area contributed by atoms with E-state index in [1.807, 2.05) is 0 Å². The summed E-state index contributed by atoms with van der Waals surface area (Å²) in [5.74, 6) is 0. The van der Waals surface area contributed by atoms with Gasteiger partial charge in [-0.15, -0.1) is 0 Å². The second kappa shape index (κ2) is 4.83. The molecule has 0 atom stereocenters. The van der Waals surface area contributed by atoms with Crippen molar-refractivity contribution in [3.63, 3.8) is 0 Å². The van der Waals surface area contributed by atoms with Crippen LogP contribution in [0.15, 0.2) is 11.4 Å². The average Bonchev–Trinajstić information content (AvgIpc) is 2.59. The molecule has 0 radical (unpaired) electrons. The highest BCUT2D eigenvalue weighted by Gasteiger charge is 2.36. The first-order valence-corrected chi connectivity index (χ1v) is 7.93. The van der Waals surface area contributed by atoms with Crippen molar-refractivity contribution in [3.8, 4) is 0 Å². The fraction of sp³-hybridized carbons (Fsp3) is 0.727. The Morgan fingerprint density at radius 2 is 2.22 bits per heavy atom. The zero-order chi connectivity index (χ0) is 13.4. The summed E-state index contributed by atoms with van der Waals surface area (Å²) in [4.78, 5) is 3.84. The minimum Gasteiger partial charge on any atom is -0.324 e. The summed E-state index contributed by atoms with van der Waals surface area (Å²) in [6.45, 7) is 2.57. The quantitative estimate of drug-likeness (QED) is 0.901. The Balaban J connectivity index is 2.11. The molecular weight excluding hydrogens is 274 g/mol. The van der Waals surface area contributed by atoms with Crippen molar-refractivity contribution in [3.05, 3.63) is 11.5 Å².